The number of rotatable bonds is 9. The fourth-order valence-corrected chi connectivity index (χ4v) is 2.70. The molecule has 2 aromatic rings. The number of carbonyl (C=O) groups excluding carboxylic acids is 2. The lowest BCUT2D eigenvalue weighted by Gasteiger charge is -2.23. The molecule has 0 saturated carbocycles. The molecule has 0 heterocycles. The third-order valence-electron chi connectivity index (χ3n) is 4.44. The first-order valence-corrected chi connectivity index (χ1v) is 9.18. The molecule has 0 aromatic heterocycles. The van der Waals surface area contributed by atoms with Crippen LogP contribution in [0.25, 0.3) is 0 Å². The van der Waals surface area contributed by atoms with E-state index in [1.165, 1.54) is 19.2 Å². The molecule has 0 spiro atoms. The van der Waals surface area contributed by atoms with E-state index in [0.717, 1.165) is 16.7 Å². The van der Waals surface area contributed by atoms with Gasteiger partial charge in [-0.1, -0.05) is 24.3 Å². The molecule has 0 unspecified atom stereocenters. The van der Waals surface area contributed by atoms with Gasteiger partial charge in [-0.05, 0) is 55.2 Å². The smallest absolute Gasteiger partial charge is 0.307 e. The van der Waals surface area contributed by atoms with Crippen molar-refractivity contribution in [3.8, 4) is 5.75 Å². The van der Waals surface area contributed by atoms with Gasteiger partial charge in [0.25, 0.3) is 5.91 Å². The van der Waals surface area contributed by atoms with Gasteiger partial charge in [0.05, 0.1) is 13.5 Å². The molecule has 150 valence electrons. The van der Waals surface area contributed by atoms with Gasteiger partial charge < -0.3 is 14.4 Å². The predicted octanol–water partition coefficient (Wildman–Crippen LogP) is 3.46. The first kappa shape index (κ1) is 21.4. The van der Waals surface area contributed by atoms with E-state index in [-0.39, 0.29) is 37.3 Å². The van der Waals surface area contributed by atoms with E-state index in [1.54, 1.807) is 17.0 Å². The standard InChI is InChI=1S/C22H26FNO4/c1-16-4-5-17(2)20(14-16)28-15-21(25)24(13-11-22(26)27-3)12-10-18-6-8-19(23)9-7-18/h4-9,14H,10-13,15H2,1-3H3. The molecular formula is C22H26FNO4. The van der Waals surface area contributed by atoms with Crippen molar-refractivity contribution in [3.05, 3.63) is 65.0 Å². The van der Waals surface area contributed by atoms with Gasteiger partial charge in [-0.25, -0.2) is 4.39 Å². The second-order valence-corrected chi connectivity index (χ2v) is 6.64. The minimum atomic E-state index is -0.380. The topological polar surface area (TPSA) is 55.8 Å². The Kier molecular flexibility index (Phi) is 7.99. The first-order chi connectivity index (χ1) is 13.4. The van der Waals surface area contributed by atoms with Gasteiger partial charge >= 0.3 is 5.97 Å². The van der Waals surface area contributed by atoms with Crippen LogP contribution in [0.3, 0.4) is 0 Å². The summed E-state index contributed by atoms with van der Waals surface area (Å²) in [6.07, 6.45) is 0.659. The largest absolute Gasteiger partial charge is 0.483 e. The van der Waals surface area contributed by atoms with Crippen molar-refractivity contribution in [2.24, 2.45) is 0 Å². The third-order valence-corrected chi connectivity index (χ3v) is 4.44. The highest BCUT2D eigenvalue weighted by molar-refractivity contribution is 5.78. The maximum Gasteiger partial charge on any atom is 0.307 e. The zero-order valence-electron chi connectivity index (χ0n) is 16.5. The lowest BCUT2D eigenvalue weighted by atomic mass is 10.1. The molecule has 2 rings (SSSR count). The Morgan fingerprint density at radius 3 is 2.43 bits per heavy atom. The molecule has 28 heavy (non-hydrogen) atoms. The molecular weight excluding hydrogens is 361 g/mol. The molecule has 6 heteroatoms. The molecule has 0 saturated heterocycles. The van der Waals surface area contributed by atoms with Gasteiger partial charge in [-0.3, -0.25) is 9.59 Å². The van der Waals surface area contributed by atoms with Crippen molar-refractivity contribution in [2.45, 2.75) is 26.7 Å². The molecule has 0 fully saturated rings. The Labute approximate surface area is 165 Å². The number of nitrogens with zero attached hydrogens (tertiary/aromatic N) is 1. The lowest BCUT2D eigenvalue weighted by Crippen LogP contribution is -2.38. The Morgan fingerprint density at radius 2 is 1.75 bits per heavy atom. The number of ether oxygens (including phenoxy) is 2. The summed E-state index contributed by atoms with van der Waals surface area (Å²) in [5, 5.41) is 0. The monoisotopic (exact) mass is 387 g/mol. The zero-order valence-corrected chi connectivity index (χ0v) is 16.5. The van der Waals surface area contributed by atoms with Gasteiger partial charge in [0.2, 0.25) is 0 Å². The van der Waals surface area contributed by atoms with Gasteiger partial charge in [0.15, 0.2) is 6.61 Å². The maximum absolute atomic E-state index is 13.1. The highest BCUT2D eigenvalue weighted by Gasteiger charge is 2.16. The molecule has 2 aromatic carbocycles. The maximum atomic E-state index is 13.1. The van der Waals surface area contributed by atoms with E-state index >= 15 is 0 Å². The van der Waals surface area contributed by atoms with Crippen LogP contribution in [0.4, 0.5) is 4.39 Å². The Balaban J connectivity index is 1.99. The number of hydrogen-bond acceptors (Lipinski definition) is 4. The summed E-state index contributed by atoms with van der Waals surface area (Å²) < 4.78 is 23.4. The van der Waals surface area contributed by atoms with E-state index in [2.05, 4.69) is 4.74 Å². The van der Waals surface area contributed by atoms with Crippen LogP contribution in [0.15, 0.2) is 42.5 Å². The number of benzene rings is 2. The van der Waals surface area contributed by atoms with Crippen molar-refractivity contribution < 1.29 is 23.5 Å². The summed E-state index contributed by atoms with van der Waals surface area (Å²) >= 11 is 0. The van der Waals surface area contributed by atoms with Crippen LogP contribution in [0.2, 0.25) is 0 Å². The Morgan fingerprint density at radius 1 is 1.04 bits per heavy atom. The van der Waals surface area contributed by atoms with Crippen molar-refractivity contribution in [1.82, 2.24) is 4.90 Å². The summed E-state index contributed by atoms with van der Waals surface area (Å²) in [5.41, 5.74) is 2.91. The fraction of sp³-hybridized carbons (Fsp3) is 0.364. The molecule has 1 amide bonds. The summed E-state index contributed by atoms with van der Waals surface area (Å²) in [5.74, 6) is -0.231. The van der Waals surface area contributed by atoms with E-state index in [4.69, 9.17) is 4.74 Å². The average molecular weight is 387 g/mol. The molecule has 0 radical (unpaired) electrons. The molecule has 0 N–H and O–H groups in total. The van der Waals surface area contributed by atoms with Crippen molar-refractivity contribution in [1.29, 1.82) is 0 Å². The molecule has 0 aliphatic carbocycles. The van der Waals surface area contributed by atoms with Gasteiger partial charge in [0, 0.05) is 13.1 Å². The number of carbonyl (C=O) groups is 2. The van der Waals surface area contributed by atoms with E-state index < -0.39 is 0 Å². The fourth-order valence-electron chi connectivity index (χ4n) is 2.70. The van der Waals surface area contributed by atoms with Gasteiger partial charge in [0.1, 0.15) is 11.6 Å². The highest BCUT2D eigenvalue weighted by atomic mass is 19.1. The summed E-state index contributed by atoms with van der Waals surface area (Å²) in [6.45, 7) is 4.40. The molecule has 0 bridgehead atoms. The van der Waals surface area contributed by atoms with Crippen molar-refractivity contribution in [2.75, 3.05) is 26.8 Å². The van der Waals surface area contributed by atoms with Crippen LogP contribution in [-0.4, -0.2) is 43.6 Å². The predicted molar refractivity (Wildman–Crippen MR) is 105 cm³/mol. The van der Waals surface area contributed by atoms with E-state index in [1.807, 2.05) is 32.0 Å². The molecule has 0 aliphatic rings. The number of amides is 1. The van der Waals surface area contributed by atoms with Crippen LogP contribution in [0.5, 0.6) is 5.75 Å². The number of hydrogen-bond donors (Lipinski definition) is 0. The lowest BCUT2D eigenvalue weighted by molar-refractivity contribution is -0.142. The van der Waals surface area contributed by atoms with Crippen LogP contribution in [0.1, 0.15) is 23.1 Å². The van der Waals surface area contributed by atoms with Crippen LogP contribution < -0.4 is 4.74 Å². The zero-order chi connectivity index (χ0) is 20.5. The summed E-state index contributed by atoms with van der Waals surface area (Å²) in [4.78, 5) is 25.7. The quantitative estimate of drug-likeness (QED) is 0.619. The Hall–Kier alpha value is -2.89. The number of esters is 1. The summed E-state index contributed by atoms with van der Waals surface area (Å²) in [7, 11) is 1.32. The number of halogens is 1. The minimum Gasteiger partial charge on any atom is -0.483 e. The number of aryl methyl sites for hydroxylation is 2. The number of methoxy groups -OCH3 is 1. The summed E-state index contributed by atoms with van der Waals surface area (Å²) in [6, 6.07) is 12.0. The molecule has 5 nitrogen and oxygen atoms in total. The normalized spacial score (nSPS) is 10.4. The molecule has 0 aliphatic heterocycles. The van der Waals surface area contributed by atoms with E-state index in [9.17, 15) is 14.0 Å². The third kappa shape index (κ3) is 6.68. The van der Waals surface area contributed by atoms with Gasteiger partial charge in [-0.15, -0.1) is 0 Å². The van der Waals surface area contributed by atoms with Crippen LogP contribution in [0, 0.1) is 19.7 Å². The Bertz CT molecular complexity index is 805. The second kappa shape index (κ2) is 10.4. The minimum absolute atomic E-state index is 0.106. The first-order valence-electron chi connectivity index (χ1n) is 9.18. The molecule has 0 atom stereocenters. The SMILES string of the molecule is COC(=O)CCN(CCc1ccc(F)cc1)C(=O)COc1cc(C)ccc1C. The average Bonchev–Trinajstić information content (AvgIpc) is 2.69. The highest BCUT2D eigenvalue weighted by Crippen LogP contribution is 2.19. The second-order valence-electron chi connectivity index (χ2n) is 6.64. The van der Waals surface area contributed by atoms with Crippen molar-refractivity contribution in [3.63, 3.8) is 0 Å². The van der Waals surface area contributed by atoms with Crippen molar-refractivity contribution >= 4 is 11.9 Å². The van der Waals surface area contributed by atoms with E-state index in [0.29, 0.717) is 18.7 Å². The van der Waals surface area contributed by atoms with Crippen LogP contribution >= 0.6 is 0 Å². The van der Waals surface area contributed by atoms with Crippen LogP contribution in [-0.2, 0) is 20.7 Å². The van der Waals surface area contributed by atoms with Gasteiger partial charge in [-0.2, -0.15) is 0 Å².